The van der Waals surface area contributed by atoms with Gasteiger partial charge in [-0.05, 0) is 6.92 Å². The first-order valence-corrected chi connectivity index (χ1v) is 5.70. The zero-order valence-corrected chi connectivity index (χ0v) is 10.4. The minimum Gasteiger partial charge on any atom is -0.333 e. The number of amides is 1. The highest BCUT2D eigenvalue weighted by Crippen LogP contribution is 2.21. The molecule has 0 unspecified atom stereocenters. The number of rotatable bonds is 0. The number of imidazole rings is 1. The minimum atomic E-state index is -0.302. The molecule has 0 aromatic carbocycles. The molecule has 0 bridgehead atoms. The SMILES string of the molecule is Cc1cnc2n1CCN(C(=O)C(C)(C)C)C2. The molecule has 2 heterocycles. The van der Waals surface area contributed by atoms with Crippen molar-refractivity contribution in [1.82, 2.24) is 14.5 Å². The molecule has 0 saturated heterocycles. The summed E-state index contributed by atoms with van der Waals surface area (Å²) in [6.07, 6.45) is 1.88. The van der Waals surface area contributed by atoms with Crippen molar-refractivity contribution in [3.8, 4) is 0 Å². The third kappa shape index (κ3) is 1.84. The summed E-state index contributed by atoms with van der Waals surface area (Å²) >= 11 is 0. The first-order chi connectivity index (χ1) is 7.39. The highest BCUT2D eigenvalue weighted by molar-refractivity contribution is 5.81. The van der Waals surface area contributed by atoms with Gasteiger partial charge in [-0.1, -0.05) is 20.8 Å². The number of carbonyl (C=O) groups is 1. The second-order valence-corrected chi connectivity index (χ2v) is 5.44. The van der Waals surface area contributed by atoms with Crippen LogP contribution in [0.2, 0.25) is 0 Å². The number of hydrogen-bond donors (Lipinski definition) is 0. The van der Waals surface area contributed by atoms with E-state index in [2.05, 4.69) is 16.5 Å². The van der Waals surface area contributed by atoms with Crippen LogP contribution >= 0.6 is 0 Å². The summed E-state index contributed by atoms with van der Waals surface area (Å²) in [4.78, 5) is 18.4. The summed E-state index contributed by atoms with van der Waals surface area (Å²) in [6, 6.07) is 0. The van der Waals surface area contributed by atoms with E-state index in [1.54, 1.807) is 0 Å². The second kappa shape index (κ2) is 3.61. The molecule has 1 aliphatic heterocycles. The molecule has 2 rings (SSSR count). The predicted molar refractivity (Wildman–Crippen MR) is 61.8 cm³/mol. The van der Waals surface area contributed by atoms with Gasteiger partial charge in [0.2, 0.25) is 5.91 Å². The first-order valence-electron chi connectivity index (χ1n) is 5.70. The molecule has 0 spiro atoms. The molecule has 1 aromatic rings. The number of aromatic nitrogens is 2. The van der Waals surface area contributed by atoms with E-state index >= 15 is 0 Å². The fraction of sp³-hybridized carbons (Fsp3) is 0.667. The van der Waals surface area contributed by atoms with E-state index in [0.717, 1.165) is 18.9 Å². The fourth-order valence-corrected chi connectivity index (χ4v) is 2.06. The highest BCUT2D eigenvalue weighted by atomic mass is 16.2. The van der Waals surface area contributed by atoms with Gasteiger partial charge >= 0.3 is 0 Å². The summed E-state index contributed by atoms with van der Waals surface area (Å²) in [5, 5.41) is 0. The van der Waals surface area contributed by atoms with Crippen LogP contribution in [0, 0.1) is 12.3 Å². The molecular formula is C12H19N3O. The molecule has 1 aromatic heterocycles. The summed E-state index contributed by atoms with van der Waals surface area (Å²) in [5.41, 5.74) is 0.877. The number of aryl methyl sites for hydroxylation is 1. The smallest absolute Gasteiger partial charge is 0.228 e. The molecule has 1 amide bonds. The maximum Gasteiger partial charge on any atom is 0.228 e. The van der Waals surface area contributed by atoms with Crippen molar-refractivity contribution in [3.63, 3.8) is 0 Å². The van der Waals surface area contributed by atoms with Gasteiger partial charge in [-0.2, -0.15) is 0 Å². The van der Waals surface area contributed by atoms with E-state index in [1.807, 2.05) is 31.9 Å². The lowest BCUT2D eigenvalue weighted by Gasteiger charge is -2.33. The van der Waals surface area contributed by atoms with Crippen LogP contribution in [0.4, 0.5) is 0 Å². The van der Waals surface area contributed by atoms with Crippen LogP contribution in [0.1, 0.15) is 32.3 Å². The molecule has 4 heteroatoms. The first kappa shape index (κ1) is 11.2. The monoisotopic (exact) mass is 221 g/mol. The van der Waals surface area contributed by atoms with E-state index in [0.29, 0.717) is 6.54 Å². The summed E-state index contributed by atoms with van der Waals surface area (Å²) in [7, 11) is 0. The molecule has 1 aliphatic rings. The number of fused-ring (bicyclic) bond motifs is 1. The van der Waals surface area contributed by atoms with E-state index in [9.17, 15) is 4.79 Å². The Balaban J connectivity index is 2.17. The topological polar surface area (TPSA) is 38.1 Å². The summed E-state index contributed by atoms with van der Waals surface area (Å²) in [5.74, 6) is 1.21. The van der Waals surface area contributed by atoms with E-state index < -0.39 is 0 Å². The van der Waals surface area contributed by atoms with Gasteiger partial charge in [0.05, 0.1) is 6.54 Å². The predicted octanol–water partition coefficient (Wildman–Crippen LogP) is 1.58. The molecule has 88 valence electrons. The van der Waals surface area contributed by atoms with Gasteiger partial charge in [0.15, 0.2) is 0 Å². The van der Waals surface area contributed by atoms with Crippen molar-refractivity contribution < 1.29 is 4.79 Å². The second-order valence-electron chi connectivity index (χ2n) is 5.44. The third-order valence-corrected chi connectivity index (χ3v) is 2.99. The molecule has 16 heavy (non-hydrogen) atoms. The zero-order chi connectivity index (χ0) is 11.9. The molecule has 0 saturated carbocycles. The van der Waals surface area contributed by atoms with Gasteiger partial charge in [-0.25, -0.2) is 4.98 Å². The Morgan fingerprint density at radius 2 is 2.06 bits per heavy atom. The lowest BCUT2D eigenvalue weighted by Crippen LogP contribution is -2.44. The Morgan fingerprint density at radius 3 is 2.69 bits per heavy atom. The molecule has 0 aliphatic carbocycles. The van der Waals surface area contributed by atoms with Crippen LogP contribution in [-0.4, -0.2) is 26.9 Å². The molecular weight excluding hydrogens is 202 g/mol. The standard InChI is InChI=1S/C12H19N3O/c1-9-7-13-10-8-14(5-6-15(9)10)11(16)12(2,3)4/h7H,5-6,8H2,1-4H3. The van der Waals surface area contributed by atoms with Gasteiger partial charge < -0.3 is 9.47 Å². The Bertz CT molecular complexity index is 414. The Hall–Kier alpha value is -1.32. The Kier molecular flexibility index (Phi) is 2.52. The van der Waals surface area contributed by atoms with Crippen LogP contribution in [-0.2, 0) is 17.9 Å². The van der Waals surface area contributed by atoms with Gasteiger partial charge in [0, 0.05) is 30.4 Å². The van der Waals surface area contributed by atoms with Gasteiger partial charge in [-0.3, -0.25) is 4.79 Å². The van der Waals surface area contributed by atoms with Crippen molar-refractivity contribution in [2.75, 3.05) is 6.54 Å². The van der Waals surface area contributed by atoms with Crippen LogP contribution in [0.5, 0.6) is 0 Å². The average Bonchev–Trinajstić information content (AvgIpc) is 2.57. The minimum absolute atomic E-state index is 0.208. The molecule has 0 fully saturated rings. The van der Waals surface area contributed by atoms with Crippen LogP contribution in [0.25, 0.3) is 0 Å². The van der Waals surface area contributed by atoms with E-state index in [4.69, 9.17) is 0 Å². The van der Waals surface area contributed by atoms with Crippen molar-refractivity contribution in [2.24, 2.45) is 5.41 Å². The summed E-state index contributed by atoms with van der Waals surface area (Å²) < 4.78 is 2.19. The van der Waals surface area contributed by atoms with Crippen molar-refractivity contribution in [2.45, 2.75) is 40.8 Å². The van der Waals surface area contributed by atoms with E-state index in [1.165, 1.54) is 5.69 Å². The largest absolute Gasteiger partial charge is 0.333 e. The Morgan fingerprint density at radius 1 is 1.38 bits per heavy atom. The Labute approximate surface area is 96.3 Å². The normalized spacial score (nSPS) is 16.1. The lowest BCUT2D eigenvalue weighted by atomic mass is 9.94. The van der Waals surface area contributed by atoms with Gasteiger partial charge in [0.1, 0.15) is 5.82 Å². The van der Waals surface area contributed by atoms with Crippen LogP contribution in [0.15, 0.2) is 6.20 Å². The maximum atomic E-state index is 12.1. The van der Waals surface area contributed by atoms with Gasteiger partial charge in [0.25, 0.3) is 0 Å². The quantitative estimate of drug-likeness (QED) is 0.667. The van der Waals surface area contributed by atoms with Crippen LogP contribution < -0.4 is 0 Å². The number of nitrogens with zero attached hydrogens (tertiary/aromatic N) is 3. The van der Waals surface area contributed by atoms with Gasteiger partial charge in [-0.15, -0.1) is 0 Å². The molecule has 0 atom stereocenters. The third-order valence-electron chi connectivity index (χ3n) is 2.99. The molecule has 0 N–H and O–H groups in total. The summed E-state index contributed by atoms with van der Waals surface area (Å²) in [6.45, 7) is 10.2. The van der Waals surface area contributed by atoms with Crippen molar-refractivity contribution in [3.05, 3.63) is 17.7 Å². The van der Waals surface area contributed by atoms with Crippen molar-refractivity contribution >= 4 is 5.91 Å². The van der Waals surface area contributed by atoms with E-state index in [-0.39, 0.29) is 11.3 Å². The number of carbonyl (C=O) groups excluding carboxylic acids is 1. The average molecular weight is 221 g/mol. The molecule has 0 radical (unpaired) electrons. The molecule has 4 nitrogen and oxygen atoms in total. The van der Waals surface area contributed by atoms with Crippen LogP contribution in [0.3, 0.4) is 0 Å². The van der Waals surface area contributed by atoms with Crippen molar-refractivity contribution in [1.29, 1.82) is 0 Å². The lowest BCUT2D eigenvalue weighted by molar-refractivity contribution is -0.141. The fourth-order valence-electron chi connectivity index (χ4n) is 2.06. The highest BCUT2D eigenvalue weighted by Gasteiger charge is 2.30. The maximum absolute atomic E-state index is 12.1. The zero-order valence-electron chi connectivity index (χ0n) is 10.4. The number of hydrogen-bond acceptors (Lipinski definition) is 2.